The van der Waals surface area contributed by atoms with Gasteiger partial charge in [-0.15, -0.1) is 0 Å². The fourth-order valence-corrected chi connectivity index (χ4v) is 1.12. The van der Waals surface area contributed by atoms with E-state index in [4.69, 9.17) is 0 Å². The molecule has 1 aromatic carbocycles. The van der Waals surface area contributed by atoms with Gasteiger partial charge in [-0.2, -0.15) is 0 Å². The Morgan fingerprint density at radius 3 is 2.31 bits per heavy atom. The summed E-state index contributed by atoms with van der Waals surface area (Å²) < 4.78 is 30.2. The first kappa shape index (κ1) is 12.1. The SMILES string of the molecule is COC(=O)c1cc(F)c(F)cc1NC(C)=O. The Hall–Kier alpha value is -1.98. The lowest BCUT2D eigenvalue weighted by Gasteiger charge is -2.08. The molecule has 86 valence electrons. The van der Waals surface area contributed by atoms with Gasteiger partial charge in [-0.1, -0.05) is 0 Å². The van der Waals surface area contributed by atoms with E-state index in [2.05, 4.69) is 10.1 Å². The third kappa shape index (κ3) is 2.53. The van der Waals surface area contributed by atoms with Gasteiger partial charge in [0, 0.05) is 13.0 Å². The van der Waals surface area contributed by atoms with E-state index in [-0.39, 0.29) is 11.3 Å². The number of carbonyl (C=O) groups excluding carboxylic acids is 2. The molecule has 4 nitrogen and oxygen atoms in total. The summed E-state index contributed by atoms with van der Waals surface area (Å²) in [6.45, 7) is 1.18. The zero-order valence-electron chi connectivity index (χ0n) is 8.64. The van der Waals surface area contributed by atoms with Gasteiger partial charge >= 0.3 is 5.97 Å². The van der Waals surface area contributed by atoms with Gasteiger partial charge < -0.3 is 10.1 Å². The largest absolute Gasteiger partial charge is 0.465 e. The summed E-state index contributed by atoms with van der Waals surface area (Å²) in [5.41, 5.74) is -0.366. The van der Waals surface area contributed by atoms with Crippen LogP contribution in [0, 0.1) is 11.6 Å². The Bertz CT molecular complexity index is 446. The van der Waals surface area contributed by atoms with Crippen LogP contribution in [-0.4, -0.2) is 19.0 Å². The maximum Gasteiger partial charge on any atom is 0.340 e. The van der Waals surface area contributed by atoms with E-state index >= 15 is 0 Å². The molecule has 0 aliphatic rings. The van der Waals surface area contributed by atoms with E-state index in [1.165, 1.54) is 6.92 Å². The van der Waals surface area contributed by atoms with Crippen LogP contribution in [0.3, 0.4) is 0 Å². The predicted molar refractivity (Wildman–Crippen MR) is 52.0 cm³/mol. The van der Waals surface area contributed by atoms with Crippen LogP contribution < -0.4 is 5.32 Å². The monoisotopic (exact) mass is 229 g/mol. The molecule has 0 bridgehead atoms. The van der Waals surface area contributed by atoms with Crippen molar-refractivity contribution in [1.82, 2.24) is 0 Å². The highest BCUT2D eigenvalue weighted by molar-refractivity contribution is 6.00. The van der Waals surface area contributed by atoms with E-state index in [0.29, 0.717) is 6.07 Å². The zero-order chi connectivity index (χ0) is 12.3. The molecule has 6 heteroatoms. The first-order valence-corrected chi connectivity index (χ1v) is 4.30. The summed E-state index contributed by atoms with van der Waals surface area (Å²) in [5.74, 6) is -3.70. The number of esters is 1. The molecule has 0 heterocycles. The second-order valence-electron chi connectivity index (χ2n) is 2.98. The maximum atomic E-state index is 12.9. The fraction of sp³-hybridized carbons (Fsp3) is 0.200. The molecule has 0 radical (unpaired) electrons. The van der Waals surface area contributed by atoms with Crippen molar-refractivity contribution in [3.63, 3.8) is 0 Å². The van der Waals surface area contributed by atoms with Crippen molar-refractivity contribution in [2.24, 2.45) is 0 Å². The van der Waals surface area contributed by atoms with Crippen molar-refractivity contribution in [2.75, 3.05) is 12.4 Å². The lowest BCUT2D eigenvalue weighted by molar-refractivity contribution is -0.114. The molecular formula is C10H9F2NO3. The van der Waals surface area contributed by atoms with Gasteiger partial charge in [-0.3, -0.25) is 4.79 Å². The van der Waals surface area contributed by atoms with Crippen molar-refractivity contribution in [3.05, 3.63) is 29.3 Å². The molecule has 0 aromatic heterocycles. The van der Waals surface area contributed by atoms with Crippen LogP contribution >= 0.6 is 0 Å². The second kappa shape index (κ2) is 4.69. The van der Waals surface area contributed by atoms with Crippen LogP contribution in [0.15, 0.2) is 12.1 Å². The summed E-state index contributed by atoms with van der Waals surface area (Å²) in [6.07, 6.45) is 0. The Morgan fingerprint density at radius 1 is 1.25 bits per heavy atom. The molecule has 1 N–H and O–H groups in total. The van der Waals surface area contributed by atoms with E-state index in [1.807, 2.05) is 0 Å². The molecule has 0 aliphatic heterocycles. The summed E-state index contributed by atoms with van der Waals surface area (Å²) in [6, 6.07) is 1.40. The predicted octanol–water partition coefficient (Wildman–Crippen LogP) is 1.71. The first-order valence-electron chi connectivity index (χ1n) is 4.30. The molecule has 0 spiro atoms. The number of methoxy groups -OCH3 is 1. The lowest BCUT2D eigenvalue weighted by Crippen LogP contribution is -2.13. The number of nitrogens with one attached hydrogen (secondary N) is 1. The summed E-state index contributed by atoms with van der Waals surface area (Å²) in [4.78, 5) is 22.0. The summed E-state index contributed by atoms with van der Waals surface area (Å²) in [5, 5.41) is 2.21. The molecule has 16 heavy (non-hydrogen) atoms. The van der Waals surface area contributed by atoms with E-state index < -0.39 is 23.5 Å². The minimum atomic E-state index is -1.19. The fourth-order valence-electron chi connectivity index (χ4n) is 1.12. The van der Waals surface area contributed by atoms with Gasteiger partial charge in [0.15, 0.2) is 11.6 Å². The lowest BCUT2D eigenvalue weighted by atomic mass is 10.1. The van der Waals surface area contributed by atoms with E-state index in [1.54, 1.807) is 0 Å². The van der Waals surface area contributed by atoms with E-state index in [9.17, 15) is 18.4 Å². The number of carbonyl (C=O) groups is 2. The number of anilines is 1. The maximum absolute atomic E-state index is 12.9. The van der Waals surface area contributed by atoms with Gasteiger partial charge in [0.25, 0.3) is 0 Å². The van der Waals surface area contributed by atoms with Crippen LogP contribution in [-0.2, 0) is 9.53 Å². The van der Waals surface area contributed by atoms with Gasteiger partial charge in [0.1, 0.15) is 0 Å². The Balaban J connectivity index is 3.27. The highest BCUT2D eigenvalue weighted by Crippen LogP contribution is 2.20. The van der Waals surface area contributed by atoms with Gasteiger partial charge in [-0.25, -0.2) is 13.6 Å². The highest BCUT2D eigenvalue weighted by atomic mass is 19.2. The third-order valence-corrected chi connectivity index (χ3v) is 1.78. The molecule has 0 atom stereocenters. The minimum Gasteiger partial charge on any atom is -0.465 e. The normalized spacial score (nSPS) is 9.75. The molecular weight excluding hydrogens is 220 g/mol. The van der Waals surface area contributed by atoms with Gasteiger partial charge in [-0.05, 0) is 6.07 Å². The number of halogens is 2. The number of amides is 1. The number of ether oxygens (including phenoxy) is 1. The van der Waals surface area contributed by atoms with Crippen molar-refractivity contribution in [2.45, 2.75) is 6.92 Å². The number of rotatable bonds is 2. The first-order chi connectivity index (χ1) is 7.45. The minimum absolute atomic E-state index is 0.127. The van der Waals surface area contributed by atoms with Crippen LogP contribution in [0.2, 0.25) is 0 Å². The quantitative estimate of drug-likeness (QED) is 0.785. The molecule has 0 aliphatic carbocycles. The average molecular weight is 229 g/mol. The molecule has 0 unspecified atom stereocenters. The zero-order valence-corrected chi connectivity index (χ0v) is 8.64. The van der Waals surface area contributed by atoms with Crippen molar-refractivity contribution >= 4 is 17.6 Å². The standard InChI is InChI=1S/C10H9F2NO3/c1-5(14)13-9-4-8(12)7(11)3-6(9)10(15)16-2/h3-4H,1-2H3,(H,13,14). The van der Waals surface area contributed by atoms with Crippen molar-refractivity contribution < 1.29 is 23.1 Å². The van der Waals surface area contributed by atoms with Gasteiger partial charge in [0.05, 0.1) is 18.4 Å². The van der Waals surface area contributed by atoms with Crippen LogP contribution in [0.25, 0.3) is 0 Å². The van der Waals surface area contributed by atoms with E-state index in [0.717, 1.165) is 13.2 Å². The molecule has 0 saturated carbocycles. The summed E-state index contributed by atoms with van der Waals surface area (Å²) in [7, 11) is 1.10. The van der Waals surface area contributed by atoms with Crippen LogP contribution in [0.5, 0.6) is 0 Å². The Morgan fingerprint density at radius 2 is 1.81 bits per heavy atom. The molecule has 0 saturated heterocycles. The van der Waals surface area contributed by atoms with Gasteiger partial charge in [0.2, 0.25) is 5.91 Å². The van der Waals surface area contributed by atoms with Crippen LogP contribution in [0.1, 0.15) is 17.3 Å². The number of benzene rings is 1. The Labute approximate surface area is 90.2 Å². The second-order valence-corrected chi connectivity index (χ2v) is 2.98. The highest BCUT2D eigenvalue weighted by Gasteiger charge is 2.17. The summed E-state index contributed by atoms with van der Waals surface area (Å²) >= 11 is 0. The molecule has 1 aromatic rings. The third-order valence-electron chi connectivity index (χ3n) is 1.78. The molecule has 1 amide bonds. The van der Waals surface area contributed by atoms with Crippen LogP contribution in [0.4, 0.5) is 14.5 Å². The average Bonchev–Trinajstić information content (AvgIpc) is 2.21. The Kier molecular flexibility index (Phi) is 3.55. The smallest absolute Gasteiger partial charge is 0.340 e. The molecule has 0 fully saturated rings. The van der Waals surface area contributed by atoms with Crippen molar-refractivity contribution in [3.8, 4) is 0 Å². The number of hydrogen-bond donors (Lipinski definition) is 1. The topological polar surface area (TPSA) is 55.4 Å². The number of hydrogen-bond acceptors (Lipinski definition) is 3. The molecule has 1 rings (SSSR count). The van der Waals surface area contributed by atoms with Crippen molar-refractivity contribution in [1.29, 1.82) is 0 Å².